The topological polar surface area (TPSA) is 81.9 Å². The number of hydrogen-bond acceptors (Lipinski definition) is 5. The smallest absolute Gasteiger partial charge is 0.250 e. The summed E-state index contributed by atoms with van der Waals surface area (Å²) in [6.07, 6.45) is 5.18. The van der Waals surface area contributed by atoms with Crippen LogP contribution in [-0.4, -0.2) is 65.5 Å². The predicted molar refractivity (Wildman–Crippen MR) is 155 cm³/mol. The first-order valence-corrected chi connectivity index (χ1v) is 14.4. The summed E-state index contributed by atoms with van der Waals surface area (Å²) in [5.74, 6) is 0.0132. The molecule has 3 aromatic rings. The van der Waals surface area contributed by atoms with Crippen LogP contribution in [0.5, 0.6) is 0 Å². The number of rotatable bonds is 6. The number of carbonyl (C=O) groups excluding carboxylic acids is 2. The molecule has 1 spiro atoms. The molecule has 0 atom stereocenters. The minimum atomic E-state index is -0.617. The number of benzene rings is 3. The first-order valence-electron chi connectivity index (χ1n) is 14.4. The number of nitrogens with zero attached hydrogens (tertiary/aromatic N) is 3. The van der Waals surface area contributed by atoms with Crippen LogP contribution >= 0.6 is 0 Å². The minimum Gasteiger partial charge on any atom is -0.352 e. The van der Waals surface area contributed by atoms with Gasteiger partial charge in [0.1, 0.15) is 12.1 Å². The molecule has 3 aliphatic rings. The molecule has 0 aromatic heterocycles. The number of amides is 2. The van der Waals surface area contributed by atoms with Gasteiger partial charge in [0.25, 0.3) is 0 Å². The van der Waals surface area contributed by atoms with E-state index in [1.54, 1.807) is 4.90 Å². The second-order valence-electron chi connectivity index (χ2n) is 11.5. The normalized spacial score (nSPS) is 23.5. The SMILES string of the molecule is NC1CCC(NC(=O)CN2CN(c3ccccc3)C3(CCN(Cc4cccc5ccccc45)CC3)C2=O)CC1. The van der Waals surface area contributed by atoms with Gasteiger partial charge in [-0.25, -0.2) is 0 Å². The summed E-state index contributed by atoms with van der Waals surface area (Å²) in [5.41, 5.74) is 7.78. The highest BCUT2D eigenvalue weighted by Crippen LogP contribution is 2.40. The number of carbonyl (C=O) groups is 2. The van der Waals surface area contributed by atoms with Crippen molar-refractivity contribution in [3.05, 3.63) is 78.4 Å². The van der Waals surface area contributed by atoms with E-state index in [4.69, 9.17) is 5.73 Å². The summed E-state index contributed by atoms with van der Waals surface area (Å²) < 4.78 is 0. The second-order valence-corrected chi connectivity index (χ2v) is 11.5. The number of nitrogens with two attached hydrogens (primary N) is 1. The van der Waals surface area contributed by atoms with E-state index in [0.29, 0.717) is 6.67 Å². The largest absolute Gasteiger partial charge is 0.352 e. The van der Waals surface area contributed by atoms with Gasteiger partial charge >= 0.3 is 0 Å². The quantitative estimate of drug-likeness (QED) is 0.511. The Morgan fingerprint density at radius 1 is 0.897 bits per heavy atom. The Morgan fingerprint density at radius 2 is 1.59 bits per heavy atom. The van der Waals surface area contributed by atoms with Crippen LogP contribution in [0.3, 0.4) is 0 Å². The van der Waals surface area contributed by atoms with E-state index in [1.165, 1.54) is 16.3 Å². The molecule has 2 heterocycles. The van der Waals surface area contributed by atoms with Crippen molar-refractivity contribution in [3.8, 4) is 0 Å². The van der Waals surface area contributed by atoms with Crippen LogP contribution in [0.25, 0.3) is 10.8 Å². The maximum Gasteiger partial charge on any atom is 0.250 e. The third-order valence-corrected chi connectivity index (χ3v) is 9.01. The van der Waals surface area contributed by atoms with Crippen LogP contribution in [0.15, 0.2) is 72.8 Å². The van der Waals surface area contributed by atoms with Crippen molar-refractivity contribution in [2.45, 2.75) is 62.7 Å². The molecular weight excluding hydrogens is 486 g/mol. The van der Waals surface area contributed by atoms with Crippen molar-refractivity contribution in [2.24, 2.45) is 5.73 Å². The van der Waals surface area contributed by atoms with Crippen LogP contribution in [-0.2, 0) is 16.1 Å². The van der Waals surface area contributed by atoms with Gasteiger partial charge in [0.2, 0.25) is 11.8 Å². The molecule has 0 bridgehead atoms. The van der Waals surface area contributed by atoms with Crippen molar-refractivity contribution < 1.29 is 9.59 Å². The number of piperidine rings is 1. The molecule has 0 radical (unpaired) electrons. The van der Waals surface area contributed by atoms with Gasteiger partial charge in [-0.05, 0) is 67.0 Å². The Bertz CT molecular complexity index is 1310. The molecule has 7 heteroatoms. The van der Waals surface area contributed by atoms with Crippen LogP contribution in [0.1, 0.15) is 44.1 Å². The third-order valence-electron chi connectivity index (χ3n) is 9.01. The molecule has 7 nitrogen and oxygen atoms in total. The maximum atomic E-state index is 14.0. The summed E-state index contributed by atoms with van der Waals surface area (Å²) in [5, 5.41) is 5.72. The lowest BCUT2D eigenvalue weighted by atomic mass is 9.85. The van der Waals surface area contributed by atoms with E-state index < -0.39 is 5.54 Å². The lowest BCUT2D eigenvalue weighted by Gasteiger charge is -2.43. The fraction of sp³-hybridized carbons (Fsp3) is 0.438. The van der Waals surface area contributed by atoms with E-state index in [0.717, 1.165) is 63.8 Å². The van der Waals surface area contributed by atoms with Gasteiger partial charge in [0.05, 0.1) is 6.67 Å². The Balaban J connectivity index is 1.16. The number of para-hydroxylation sites is 1. The number of nitrogens with one attached hydrogen (secondary N) is 1. The fourth-order valence-corrected chi connectivity index (χ4v) is 6.78. The van der Waals surface area contributed by atoms with Crippen molar-refractivity contribution in [3.63, 3.8) is 0 Å². The Kier molecular flexibility index (Phi) is 7.28. The fourth-order valence-electron chi connectivity index (χ4n) is 6.78. The predicted octanol–water partition coefficient (Wildman–Crippen LogP) is 3.87. The molecule has 3 aromatic carbocycles. The third kappa shape index (κ3) is 5.25. The van der Waals surface area contributed by atoms with Crippen molar-refractivity contribution in [1.82, 2.24) is 15.1 Å². The number of fused-ring (bicyclic) bond motifs is 1. The van der Waals surface area contributed by atoms with E-state index in [-0.39, 0.29) is 30.4 Å². The molecule has 204 valence electrons. The molecule has 1 saturated carbocycles. The highest BCUT2D eigenvalue weighted by molar-refractivity contribution is 5.96. The summed E-state index contributed by atoms with van der Waals surface area (Å²) in [4.78, 5) is 33.5. The Labute approximate surface area is 230 Å². The van der Waals surface area contributed by atoms with E-state index in [1.807, 2.05) is 18.2 Å². The molecule has 2 saturated heterocycles. The lowest BCUT2D eigenvalue weighted by Crippen LogP contribution is -2.56. The van der Waals surface area contributed by atoms with Gasteiger partial charge in [0, 0.05) is 37.4 Å². The zero-order chi connectivity index (χ0) is 26.8. The molecule has 2 amide bonds. The Hall–Kier alpha value is -3.42. The van der Waals surface area contributed by atoms with Crippen molar-refractivity contribution in [2.75, 3.05) is 31.2 Å². The molecular formula is C32H39N5O2. The molecule has 39 heavy (non-hydrogen) atoms. The zero-order valence-corrected chi connectivity index (χ0v) is 22.6. The first-order chi connectivity index (χ1) is 19.0. The zero-order valence-electron chi connectivity index (χ0n) is 22.6. The van der Waals surface area contributed by atoms with Gasteiger partial charge in [-0.3, -0.25) is 14.5 Å². The highest BCUT2D eigenvalue weighted by Gasteiger charge is 2.54. The van der Waals surface area contributed by atoms with Gasteiger partial charge < -0.3 is 20.9 Å². The summed E-state index contributed by atoms with van der Waals surface area (Å²) >= 11 is 0. The molecule has 6 rings (SSSR count). The molecule has 2 aliphatic heterocycles. The number of likely N-dealkylation sites (tertiary alicyclic amines) is 1. The van der Waals surface area contributed by atoms with Gasteiger partial charge in [-0.15, -0.1) is 0 Å². The summed E-state index contributed by atoms with van der Waals surface area (Å²) in [6, 6.07) is 25.6. The monoisotopic (exact) mass is 525 g/mol. The van der Waals surface area contributed by atoms with Gasteiger partial charge in [-0.2, -0.15) is 0 Å². The average molecular weight is 526 g/mol. The van der Waals surface area contributed by atoms with Crippen LogP contribution in [0.2, 0.25) is 0 Å². The van der Waals surface area contributed by atoms with Crippen LogP contribution in [0.4, 0.5) is 5.69 Å². The van der Waals surface area contributed by atoms with Crippen molar-refractivity contribution in [1.29, 1.82) is 0 Å². The maximum absolute atomic E-state index is 14.0. The Morgan fingerprint density at radius 3 is 2.36 bits per heavy atom. The second kappa shape index (κ2) is 11.0. The first kappa shape index (κ1) is 25.8. The summed E-state index contributed by atoms with van der Waals surface area (Å²) in [7, 11) is 0. The molecule has 3 fully saturated rings. The lowest BCUT2D eigenvalue weighted by molar-refractivity contribution is -0.137. The molecule has 3 N–H and O–H groups in total. The van der Waals surface area contributed by atoms with Crippen LogP contribution < -0.4 is 16.0 Å². The minimum absolute atomic E-state index is 0.0673. The average Bonchev–Trinajstić information content (AvgIpc) is 3.22. The summed E-state index contributed by atoms with van der Waals surface area (Å²) in [6.45, 7) is 3.08. The van der Waals surface area contributed by atoms with E-state index in [9.17, 15) is 9.59 Å². The number of anilines is 1. The van der Waals surface area contributed by atoms with E-state index in [2.05, 4.69) is 69.7 Å². The highest BCUT2D eigenvalue weighted by atomic mass is 16.2. The van der Waals surface area contributed by atoms with Crippen molar-refractivity contribution >= 4 is 28.3 Å². The standard InChI is InChI=1S/C32H39N5O2/c33-26-13-15-27(16-14-26)34-30(38)22-36-23-37(28-10-2-1-3-11-28)32(31(36)39)17-19-35(20-18-32)21-25-9-6-8-24-7-4-5-12-29(24)25/h1-12,26-27H,13-23,33H2,(H,34,38). The molecule has 1 aliphatic carbocycles. The van der Waals surface area contributed by atoms with E-state index >= 15 is 0 Å². The molecule has 0 unspecified atom stereocenters. The van der Waals surface area contributed by atoms with Crippen LogP contribution in [0, 0.1) is 0 Å². The number of hydrogen-bond donors (Lipinski definition) is 2. The van der Waals surface area contributed by atoms with Gasteiger partial charge in [0.15, 0.2) is 0 Å². The van der Waals surface area contributed by atoms with Gasteiger partial charge in [-0.1, -0.05) is 60.7 Å².